The largest absolute Gasteiger partial charge is 0.490 e. The number of para-hydroxylation sites is 1. The Labute approximate surface area is 172 Å². The van der Waals surface area contributed by atoms with Crippen LogP contribution in [0, 0.1) is 0 Å². The Morgan fingerprint density at radius 2 is 1.77 bits per heavy atom. The number of urea groups is 1. The Hall–Kier alpha value is -3.88. The summed E-state index contributed by atoms with van der Waals surface area (Å²) in [7, 11) is 0. The second-order valence-corrected chi connectivity index (χ2v) is 6.21. The number of fused-ring (bicyclic) bond motifs is 1. The monoisotopic (exact) mass is 410 g/mol. The predicted molar refractivity (Wildman–Crippen MR) is 112 cm³/mol. The van der Waals surface area contributed by atoms with Gasteiger partial charge in [0.25, 0.3) is 0 Å². The number of benzene rings is 2. The minimum Gasteiger partial charge on any atom is -0.490 e. The number of rotatable bonds is 7. The van der Waals surface area contributed by atoms with Crippen molar-refractivity contribution in [2.75, 3.05) is 18.5 Å². The highest BCUT2D eigenvalue weighted by atomic mass is 16.5. The van der Waals surface area contributed by atoms with Gasteiger partial charge in [-0.25, -0.2) is 4.79 Å². The zero-order chi connectivity index (χ0) is 21.5. The van der Waals surface area contributed by atoms with Crippen molar-refractivity contribution in [3.63, 3.8) is 0 Å². The third-order valence-electron chi connectivity index (χ3n) is 4.11. The lowest BCUT2D eigenvalue weighted by Gasteiger charge is -2.13. The summed E-state index contributed by atoms with van der Waals surface area (Å²) in [5, 5.41) is 9.26. The molecule has 1 aromatic heterocycles. The minimum atomic E-state index is -0.697. The lowest BCUT2D eigenvalue weighted by molar-refractivity contribution is -0.120. The van der Waals surface area contributed by atoms with Crippen molar-refractivity contribution in [1.29, 1.82) is 0 Å². The maximum absolute atomic E-state index is 12.3. The molecule has 156 valence electrons. The Kier molecular flexibility index (Phi) is 6.63. The highest BCUT2D eigenvalue weighted by Gasteiger charge is 2.13. The van der Waals surface area contributed by atoms with Gasteiger partial charge in [0.15, 0.2) is 11.5 Å². The maximum atomic E-state index is 12.3. The van der Waals surface area contributed by atoms with Crippen LogP contribution < -0.4 is 25.5 Å². The molecule has 0 saturated heterocycles. The summed E-state index contributed by atoms with van der Waals surface area (Å²) in [5.74, 6) is 0.481. The first kappa shape index (κ1) is 20.8. The van der Waals surface area contributed by atoms with Crippen molar-refractivity contribution >= 4 is 28.5 Å². The summed E-state index contributed by atoms with van der Waals surface area (Å²) in [4.78, 5) is 36.4. The summed E-state index contributed by atoms with van der Waals surface area (Å²) in [6.45, 7) is 4.41. The van der Waals surface area contributed by atoms with Crippen LogP contribution >= 0.6 is 0 Å². The molecule has 0 fully saturated rings. The molecule has 3 rings (SSSR count). The van der Waals surface area contributed by atoms with Crippen LogP contribution in [0.25, 0.3) is 10.9 Å². The van der Waals surface area contributed by atoms with Crippen LogP contribution in [-0.2, 0) is 11.3 Å². The fraction of sp³-hybridized carbons (Fsp3) is 0.238. The fourth-order valence-electron chi connectivity index (χ4n) is 2.88. The minimum absolute atomic E-state index is 0.221. The third-order valence-corrected chi connectivity index (χ3v) is 4.11. The van der Waals surface area contributed by atoms with Crippen LogP contribution in [0.15, 0.2) is 53.5 Å². The van der Waals surface area contributed by atoms with E-state index in [-0.39, 0.29) is 12.0 Å². The smallest absolute Gasteiger partial charge is 0.325 e. The Morgan fingerprint density at radius 1 is 1.03 bits per heavy atom. The first-order valence-electron chi connectivity index (χ1n) is 9.47. The number of amides is 3. The second kappa shape index (κ2) is 9.55. The van der Waals surface area contributed by atoms with Gasteiger partial charge in [0.2, 0.25) is 11.3 Å². The van der Waals surface area contributed by atoms with Crippen LogP contribution in [0.4, 0.5) is 10.5 Å². The standard InChI is InChI=1S/C21H22N4O5/c1-3-29-18-10-9-14(11-19(18)30-4-2)23-21(28)24-20(27)13-25-16-8-6-5-7-15(16)17(26)12-22-25/h5-12H,3-4,13H2,1-2H3,(H2,23,24,27,28). The molecule has 0 aliphatic rings. The van der Waals surface area contributed by atoms with E-state index in [1.165, 1.54) is 4.68 Å². The Balaban J connectivity index is 1.67. The normalized spacial score (nSPS) is 10.5. The molecule has 30 heavy (non-hydrogen) atoms. The first-order chi connectivity index (χ1) is 14.5. The van der Waals surface area contributed by atoms with Gasteiger partial charge >= 0.3 is 6.03 Å². The van der Waals surface area contributed by atoms with E-state index < -0.39 is 11.9 Å². The fourth-order valence-corrected chi connectivity index (χ4v) is 2.88. The Bertz CT molecular complexity index is 1130. The maximum Gasteiger partial charge on any atom is 0.325 e. The zero-order valence-electron chi connectivity index (χ0n) is 16.7. The first-order valence-corrected chi connectivity index (χ1v) is 9.47. The summed E-state index contributed by atoms with van der Waals surface area (Å²) in [5.41, 5.74) is 0.716. The van der Waals surface area contributed by atoms with Gasteiger partial charge in [0, 0.05) is 17.1 Å². The van der Waals surface area contributed by atoms with Crippen molar-refractivity contribution in [2.45, 2.75) is 20.4 Å². The number of carbonyl (C=O) groups excluding carboxylic acids is 2. The van der Waals surface area contributed by atoms with Gasteiger partial charge in [-0.1, -0.05) is 12.1 Å². The van der Waals surface area contributed by atoms with Crippen LogP contribution in [0.2, 0.25) is 0 Å². The van der Waals surface area contributed by atoms with Crippen molar-refractivity contribution in [3.05, 3.63) is 58.9 Å². The van der Waals surface area contributed by atoms with E-state index in [0.29, 0.717) is 41.3 Å². The predicted octanol–water partition coefficient (Wildman–Crippen LogP) is 2.54. The van der Waals surface area contributed by atoms with Crippen molar-refractivity contribution in [2.24, 2.45) is 0 Å². The summed E-state index contributed by atoms with van der Waals surface area (Å²) in [6.07, 6.45) is 1.14. The highest BCUT2D eigenvalue weighted by molar-refractivity contribution is 6.01. The zero-order valence-corrected chi connectivity index (χ0v) is 16.7. The Morgan fingerprint density at radius 3 is 2.53 bits per heavy atom. The number of aromatic nitrogens is 2. The summed E-state index contributed by atoms with van der Waals surface area (Å²) in [6, 6.07) is 11.1. The lowest BCUT2D eigenvalue weighted by Crippen LogP contribution is -2.37. The molecule has 0 aliphatic heterocycles. The van der Waals surface area contributed by atoms with Gasteiger partial charge in [-0.15, -0.1) is 0 Å². The van der Waals surface area contributed by atoms with Crippen LogP contribution in [0.3, 0.4) is 0 Å². The van der Waals surface area contributed by atoms with E-state index in [4.69, 9.17) is 9.47 Å². The van der Waals surface area contributed by atoms with Crippen molar-refractivity contribution in [1.82, 2.24) is 15.1 Å². The van der Waals surface area contributed by atoms with E-state index in [2.05, 4.69) is 15.7 Å². The van der Waals surface area contributed by atoms with Gasteiger partial charge in [0.05, 0.1) is 24.9 Å². The van der Waals surface area contributed by atoms with E-state index in [9.17, 15) is 14.4 Å². The lowest BCUT2D eigenvalue weighted by atomic mass is 10.2. The number of hydrogen-bond acceptors (Lipinski definition) is 6. The van der Waals surface area contributed by atoms with Crippen molar-refractivity contribution < 1.29 is 19.1 Å². The van der Waals surface area contributed by atoms with Gasteiger partial charge in [-0.2, -0.15) is 5.10 Å². The molecule has 0 unspecified atom stereocenters. The number of nitrogens with one attached hydrogen (secondary N) is 2. The van der Waals surface area contributed by atoms with E-state index in [0.717, 1.165) is 6.20 Å². The molecule has 3 aromatic rings. The third kappa shape index (κ3) is 4.93. The van der Waals surface area contributed by atoms with E-state index in [1.54, 1.807) is 42.5 Å². The van der Waals surface area contributed by atoms with E-state index >= 15 is 0 Å². The quantitative estimate of drug-likeness (QED) is 0.619. The average Bonchev–Trinajstić information content (AvgIpc) is 2.72. The molecule has 0 saturated carbocycles. The van der Waals surface area contributed by atoms with E-state index in [1.807, 2.05) is 13.8 Å². The van der Waals surface area contributed by atoms with Crippen LogP contribution in [0.5, 0.6) is 11.5 Å². The number of imide groups is 1. The molecule has 3 amide bonds. The van der Waals surface area contributed by atoms with Gasteiger partial charge in [-0.3, -0.25) is 19.6 Å². The number of ether oxygens (including phenoxy) is 2. The highest BCUT2D eigenvalue weighted by Crippen LogP contribution is 2.30. The molecule has 0 bridgehead atoms. The van der Waals surface area contributed by atoms with Crippen LogP contribution in [0.1, 0.15) is 13.8 Å². The number of hydrogen-bond donors (Lipinski definition) is 2. The average molecular weight is 410 g/mol. The van der Waals surface area contributed by atoms with Gasteiger partial charge < -0.3 is 14.8 Å². The summed E-state index contributed by atoms with van der Waals surface area (Å²) >= 11 is 0. The molecular formula is C21H22N4O5. The molecule has 0 atom stereocenters. The molecule has 9 heteroatoms. The number of carbonyl (C=O) groups is 2. The summed E-state index contributed by atoms with van der Waals surface area (Å²) < 4.78 is 12.4. The number of nitrogens with zero attached hydrogens (tertiary/aromatic N) is 2. The molecule has 2 aromatic carbocycles. The van der Waals surface area contributed by atoms with Gasteiger partial charge in [0.1, 0.15) is 6.54 Å². The van der Waals surface area contributed by atoms with Crippen molar-refractivity contribution in [3.8, 4) is 11.5 Å². The molecule has 0 spiro atoms. The van der Waals surface area contributed by atoms with Crippen LogP contribution in [-0.4, -0.2) is 34.9 Å². The van der Waals surface area contributed by atoms with Gasteiger partial charge in [-0.05, 0) is 38.1 Å². The topological polar surface area (TPSA) is 112 Å². The molecule has 0 radical (unpaired) electrons. The molecule has 9 nitrogen and oxygen atoms in total. The molecule has 2 N–H and O–H groups in total. The number of anilines is 1. The molecule has 1 heterocycles. The molecule has 0 aliphatic carbocycles. The molecular weight excluding hydrogens is 388 g/mol. The SMILES string of the molecule is CCOc1ccc(NC(=O)NC(=O)Cn2ncc(=O)c3ccccc32)cc1OCC. The second-order valence-electron chi connectivity index (χ2n) is 6.21.